The summed E-state index contributed by atoms with van der Waals surface area (Å²) in [6.07, 6.45) is 1.04. The summed E-state index contributed by atoms with van der Waals surface area (Å²) in [5.74, 6) is 0.470. The molecule has 0 spiro atoms. The van der Waals surface area contributed by atoms with Gasteiger partial charge in [-0.05, 0) is 37.6 Å². The molecule has 0 aliphatic carbocycles. The van der Waals surface area contributed by atoms with Crippen molar-refractivity contribution < 1.29 is 14.6 Å². The van der Waals surface area contributed by atoms with Gasteiger partial charge in [-0.25, -0.2) is 0 Å². The van der Waals surface area contributed by atoms with Crippen LogP contribution in [0.15, 0.2) is 24.3 Å². The molecular formula is C17H22N2O3. The van der Waals surface area contributed by atoms with E-state index in [1.54, 1.807) is 19.2 Å². The fraction of sp³-hybridized carbons (Fsp3) is 0.412. The van der Waals surface area contributed by atoms with Gasteiger partial charge >= 0.3 is 0 Å². The molecule has 0 saturated heterocycles. The highest BCUT2D eigenvalue weighted by molar-refractivity contribution is 6.06. The Hall–Kier alpha value is -2.14. The monoisotopic (exact) mass is 302 g/mol. The van der Waals surface area contributed by atoms with Gasteiger partial charge in [0.25, 0.3) is 5.91 Å². The summed E-state index contributed by atoms with van der Waals surface area (Å²) in [6, 6.07) is 7.22. The van der Waals surface area contributed by atoms with E-state index in [0.717, 1.165) is 23.0 Å². The van der Waals surface area contributed by atoms with Crippen molar-refractivity contribution in [1.82, 2.24) is 10.3 Å². The van der Waals surface area contributed by atoms with E-state index < -0.39 is 6.10 Å². The number of aliphatic hydroxyl groups is 1. The van der Waals surface area contributed by atoms with Crippen molar-refractivity contribution in [2.24, 2.45) is 0 Å². The first-order valence-corrected chi connectivity index (χ1v) is 7.46. The average molecular weight is 302 g/mol. The minimum atomic E-state index is -0.516. The Morgan fingerprint density at radius 2 is 2.18 bits per heavy atom. The minimum Gasteiger partial charge on any atom is -0.497 e. The summed E-state index contributed by atoms with van der Waals surface area (Å²) >= 11 is 0. The number of hydrogen-bond acceptors (Lipinski definition) is 4. The number of aromatic nitrogens is 1. The number of nitrogens with zero attached hydrogens (tertiary/aromatic N) is 1. The van der Waals surface area contributed by atoms with Crippen molar-refractivity contribution in [1.29, 1.82) is 0 Å². The van der Waals surface area contributed by atoms with Crippen molar-refractivity contribution in [3.63, 3.8) is 0 Å². The normalized spacial score (nSPS) is 12.2. The minimum absolute atomic E-state index is 0.209. The topological polar surface area (TPSA) is 71.5 Å². The zero-order valence-corrected chi connectivity index (χ0v) is 13.2. The Balaban J connectivity index is 2.30. The Morgan fingerprint density at radius 1 is 1.41 bits per heavy atom. The quantitative estimate of drug-likeness (QED) is 0.860. The SMILES string of the molecule is CCCC(O)CNC(=O)c1cc(C)nc2ccc(OC)cc12. The summed E-state index contributed by atoms with van der Waals surface area (Å²) in [4.78, 5) is 16.9. The molecule has 0 aliphatic rings. The van der Waals surface area contributed by atoms with Crippen LogP contribution >= 0.6 is 0 Å². The van der Waals surface area contributed by atoms with Crippen LogP contribution in [-0.4, -0.2) is 35.8 Å². The molecule has 2 N–H and O–H groups in total. The largest absolute Gasteiger partial charge is 0.497 e. The molecule has 1 aromatic heterocycles. The third-order valence-corrected chi connectivity index (χ3v) is 3.51. The molecule has 1 amide bonds. The van der Waals surface area contributed by atoms with Crippen LogP contribution < -0.4 is 10.1 Å². The number of pyridine rings is 1. The first-order chi connectivity index (χ1) is 10.5. The molecule has 0 radical (unpaired) electrons. The smallest absolute Gasteiger partial charge is 0.252 e. The van der Waals surface area contributed by atoms with E-state index >= 15 is 0 Å². The standard InChI is InChI=1S/C17H22N2O3/c1-4-5-12(20)10-18-17(21)15-8-11(2)19-16-7-6-13(22-3)9-14(15)16/h6-9,12,20H,4-5,10H2,1-3H3,(H,18,21). The van der Waals surface area contributed by atoms with Crippen molar-refractivity contribution in [3.05, 3.63) is 35.5 Å². The van der Waals surface area contributed by atoms with Crippen LogP contribution in [0.5, 0.6) is 5.75 Å². The number of aliphatic hydroxyl groups excluding tert-OH is 1. The maximum absolute atomic E-state index is 12.4. The fourth-order valence-corrected chi connectivity index (χ4v) is 2.39. The van der Waals surface area contributed by atoms with Gasteiger partial charge in [-0.1, -0.05) is 13.3 Å². The van der Waals surface area contributed by atoms with Gasteiger partial charge in [-0.15, -0.1) is 0 Å². The lowest BCUT2D eigenvalue weighted by atomic mass is 10.1. The molecule has 0 bridgehead atoms. The van der Waals surface area contributed by atoms with E-state index in [1.807, 2.05) is 26.0 Å². The Kier molecular flexibility index (Phi) is 5.33. The van der Waals surface area contributed by atoms with Crippen LogP contribution in [0.4, 0.5) is 0 Å². The second-order valence-electron chi connectivity index (χ2n) is 5.35. The van der Waals surface area contributed by atoms with Gasteiger partial charge < -0.3 is 15.2 Å². The molecule has 2 rings (SSSR count). The van der Waals surface area contributed by atoms with E-state index in [4.69, 9.17) is 4.74 Å². The van der Waals surface area contributed by atoms with E-state index in [2.05, 4.69) is 10.3 Å². The van der Waals surface area contributed by atoms with E-state index in [9.17, 15) is 9.90 Å². The number of methoxy groups -OCH3 is 1. The number of rotatable bonds is 6. The maximum atomic E-state index is 12.4. The highest BCUT2D eigenvalue weighted by Crippen LogP contribution is 2.23. The van der Waals surface area contributed by atoms with Gasteiger partial charge in [0.05, 0.1) is 24.3 Å². The zero-order chi connectivity index (χ0) is 16.1. The van der Waals surface area contributed by atoms with Crippen LogP contribution in [0.25, 0.3) is 10.9 Å². The van der Waals surface area contributed by atoms with Crippen LogP contribution in [0, 0.1) is 6.92 Å². The molecular weight excluding hydrogens is 280 g/mol. The van der Waals surface area contributed by atoms with Gasteiger partial charge in [0, 0.05) is 17.6 Å². The molecule has 5 heteroatoms. The van der Waals surface area contributed by atoms with E-state index in [-0.39, 0.29) is 12.5 Å². The lowest BCUT2D eigenvalue weighted by molar-refractivity contribution is 0.0911. The van der Waals surface area contributed by atoms with Gasteiger partial charge in [0.2, 0.25) is 0 Å². The molecule has 2 aromatic rings. The first-order valence-electron chi connectivity index (χ1n) is 7.46. The lowest BCUT2D eigenvalue weighted by Gasteiger charge is -2.13. The number of aryl methyl sites for hydroxylation is 1. The van der Waals surface area contributed by atoms with Crippen molar-refractivity contribution >= 4 is 16.8 Å². The second kappa shape index (κ2) is 7.22. The maximum Gasteiger partial charge on any atom is 0.252 e. The van der Waals surface area contributed by atoms with Crippen LogP contribution in [0.1, 0.15) is 35.8 Å². The zero-order valence-electron chi connectivity index (χ0n) is 13.2. The number of fused-ring (bicyclic) bond motifs is 1. The van der Waals surface area contributed by atoms with Crippen molar-refractivity contribution in [2.45, 2.75) is 32.8 Å². The second-order valence-corrected chi connectivity index (χ2v) is 5.35. The van der Waals surface area contributed by atoms with Crippen LogP contribution in [0.2, 0.25) is 0 Å². The summed E-state index contributed by atoms with van der Waals surface area (Å²) < 4.78 is 5.22. The molecule has 5 nitrogen and oxygen atoms in total. The Bertz CT molecular complexity index is 670. The fourth-order valence-electron chi connectivity index (χ4n) is 2.39. The van der Waals surface area contributed by atoms with Gasteiger partial charge in [-0.3, -0.25) is 9.78 Å². The van der Waals surface area contributed by atoms with E-state index in [0.29, 0.717) is 17.7 Å². The summed E-state index contributed by atoms with van der Waals surface area (Å²) in [6.45, 7) is 4.10. The molecule has 0 saturated carbocycles. The molecule has 0 aliphatic heterocycles. The lowest BCUT2D eigenvalue weighted by Crippen LogP contribution is -2.32. The Morgan fingerprint density at radius 3 is 2.86 bits per heavy atom. The summed E-state index contributed by atoms with van der Waals surface area (Å²) in [7, 11) is 1.59. The van der Waals surface area contributed by atoms with Gasteiger partial charge in [-0.2, -0.15) is 0 Å². The molecule has 22 heavy (non-hydrogen) atoms. The number of carbonyl (C=O) groups is 1. The van der Waals surface area contributed by atoms with Crippen molar-refractivity contribution in [2.75, 3.05) is 13.7 Å². The summed E-state index contributed by atoms with van der Waals surface area (Å²) in [5, 5.41) is 13.3. The van der Waals surface area contributed by atoms with Crippen molar-refractivity contribution in [3.8, 4) is 5.75 Å². The number of nitrogens with one attached hydrogen (secondary N) is 1. The average Bonchev–Trinajstić information content (AvgIpc) is 2.51. The number of carbonyl (C=O) groups excluding carboxylic acids is 1. The van der Waals surface area contributed by atoms with Crippen LogP contribution in [-0.2, 0) is 0 Å². The Labute approximate surface area is 130 Å². The third kappa shape index (κ3) is 3.74. The number of benzene rings is 1. The molecule has 1 unspecified atom stereocenters. The predicted molar refractivity (Wildman–Crippen MR) is 86.3 cm³/mol. The molecule has 118 valence electrons. The predicted octanol–water partition coefficient (Wildman–Crippen LogP) is 2.44. The number of amides is 1. The van der Waals surface area contributed by atoms with Crippen LogP contribution in [0.3, 0.4) is 0 Å². The highest BCUT2D eigenvalue weighted by Gasteiger charge is 2.14. The highest BCUT2D eigenvalue weighted by atomic mass is 16.5. The summed E-state index contributed by atoms with van der Waals surface area (Å²) in [5.41, 5.74) is 2.07. The molecule has 1 atom stereocenters. The number of ether oxygens (including phenoxy) is 1. The van der Waals surface area contributed by atoms with Gasteiger partial charge in [0.15, 0.2) is 0 Å². The van der Waals surface area contributed by atoms with E-state index in [1.165, 1.54) is 0 Å². The number of hydrogen-bond donors (Lipinski definition) is 2. The molecule has 0 fully saturated rings. The first kappa shape index (κ1) is 16.2. The molecule has 1 aromatic carbocycles. The van der Waals surface area contributed by atoms with Gasteiger partial charge in [0.1, 0.15) is 5.75 Å². The molecule has 1 heterocycles. The third-order valence-electron chi connectivity index (χ3n) is 3.51.